The number of benzene rings is 2. The van der Waals surface area contributed by atoms with E-state index < -0.39 is 23.1 Å². The van der Waals surface area contributed by atoms with Gasteiger partial charge in [-0.25, -0.2) is 5.48 Å². The molecule has 0 unspecified atom stereocenters. The molecule has 0 heterocycles. The lowest BCUT2D eigenvalue weighted by Crippen LogP contribution is -2.48. The van der Waals surface area contributed by atoms with Gasteiger partial charge in [0.05, 0.1) is 0 Å². The number of carbonyl (C=O) groups excluding carboxylic acids is 3. The van der Waals surface area contributed by atoms with Crippen LogP contribution < -0.4 is 16.1 Å². The highest BCUT2D eigenvalue weighted by molar-refractivity contribution is 6.17. The van der Waals surface area contributed by atoms with Gasteiger partial charge in [0.1, 0.15) is 5.41 Å². The maximum absolute atomic E-state index is 13.9. The van der Waals surface area contributed by atoms with Crippen molar-refractivity contribution in [2.45, 2.75) is 38.5 Å². The molecular weight excluding hydrogens is 442 g/mol. The molecule has 0 spiro atoms. The Labute approximate surface area is 205 Å². The summed E-state index contributed by atoms with van der Waals surface area (Å²) in [5.41, 5.74) is 2.07. The molecule has 1 aliphatic carbocycles. The minimum absolute atomic E-state index is 0.171. The summed E-state index contributed by atoms with van der Waals surface area (Å²) in [4.78, 5) is 39.2. The van der Waals surface area contributed by atoms with E-state index in [1.165, 1.54) is 0 Å². The molecule has 2 aromatic rings. The highest BCUT2D eigenvalue weighted by Gasteiger charge is 2.48. The number of hydroxylamine groups is 1. The molecule has 0 saturated carbocycles. The van der Waals surface area contributed by atoms with Crippen molar-refractivity contribution in [2.75, 3.05) is 10.6 Å². The van der Waals surface area contributed by atoms with Crippen molar-refractivity contribution in [3.05, 3.63) is 96.6 Å². The summed E-state index contributed by atoms with van der Waals surface area (Å²) in [5, 5.41) is 14.6. The summed E-state index contributed by atoms with van der Waals surface area (Å²) in [6.07, 6.45) is 11.9. The number of anilines is 2. The highest BCUT2D eigenvalue weighted by Crippen LogP contribution is 2.39. The van der Waals surface area contributed by atoms with E-state index in [9.17, 15) is 14.4 Å². The number of hydrogen-bond donors (Lipinski definition) is 4. The lowest BCUT2D eigenvalue weighted by molar-refractivity contribution is -0.135. The van der Waals surface area contributed by atoms with Gasteiger partial charge in [-0.2, -0.15) is 0 Å². The van der Waals surface area contributed by atoms with E-state index in [1.54, 1.807) is 29.7 Å². The van der Waals surface area contributed by atoms with Gasteiger partial charge < -0.3 is 10.6 Å². The van der Waals surface area contributed by atoms with E-state index in [1.807, 2.05) is 66.8 Å². The Bertz CT molecular complexity index is 1040. The quantitative estimate of drug-likeness (QED) is 0.157. The topological polar surface area (TPSA) is 108 Å². The number of unbranched alkanes of at least 4 members (excludes halogenated alkanes) is 2. The van der Waals surface area contributed by atoms with Crippen LogP contribution in [0.5, 0.6) is 0 Å². The van der Waals surface area contributed by atoms with Gasteiger partial charge in [0.2, 0.25) is 17.7 Å². The minimum Gasteiger partial charge on any atom is -0.325 e. The van der Waals surface area contributed by atoms with Crippen molar-refractivity contribution in [3.63, 3.8) is 0 Å². The van der Waals surface area contributed by atoms with E-state index in [0.29, 0.717) is 42.6 Å². The second-order valence-corrected chi connectivity index (χ2v) is 8.35. The molecular formula is C28H31N3O4. The third-order valence-corrected chi connectivity index (χ3v) is 5.96. The minimum atomic E-state index is -1.47. The van der Waals surface area contributed by atoms with Gasteiger partial charge in [-0.15, -0.1) is 0 Å². The molecule has 4 N–H and O–H groups in total. The van der Waals surface area contributed by atoms with E-state index in [2.05, 4.69) is 10.6 Å². The molecule has 0 saturated heterocycles. The molecule has 7 nitrogen and oxygen atoms in total. The fraction of sp³-hybridized carbons (Fsp3) is 0.250. The van der Waals surface area contributed by atoms with Crippen LogP contribution in [0.2, 0.25) is 0 Å². The van der Waals surface area contributed by atoms with Crippen LogP contribution in [0.15, 0.2) is 96.6 Å². The van der Waals surface area contributed by atoms with E-state index in [4.69, 9.17) is 5.21 Å². The van der Waals surface area contributed by atoms with Crippen LogP contribution in [0.25, 0.3) is 0 Å². The number of rotatable bonds is 11. The summed E-state index contributed by atoms with van der Waals surface area (Å²) in [5.74, 6) is -1.26. The fourth-order valence-corrected chi connectivity index (χ4v) is 4.10. The molecule has 0 bridgehead atoms. The van der Waals surface area contributed by atoms with Crippen molar-refractivity contribution >= 4 is 29.1 Å². The first-order chi connectivity index (χ1) is 17.1. The first kappa shape index (κ1) is 25.6. The van der Waals surface area contributed by atoms with Crippen LogP contribution in [0.4, 0.5) is 11.4 Å². The Kier molecular flexibility index (Phi) is 9.57. The number of carbonyl (C=O) groups is 3. The maximum atomic E-state index is 13.9. The summed E-state index contributed by atoms with van der Waals surface area (Å²) in [7, 11) is 0. The second-order valence-electron chi connectivity index (χ2n) is 8.35. The SMILES string of the molecule is O=C(CCCCCC(C(=O)Nc1ccccc1)(C(=O)Nc1ccccc1)C1=CC=CC=CC1)NO. The van der Waals surface area contributed by atoms with Crippen LogP contribution in [-0.2, 0) is 14.4 Å². The Morgan fingerprint density at radius 3 is 1.94 bits per heavy atom. The van der Waals surface area contributed by atoms with Crippen LogP contribution >= 0.6 is 0 Å². The summed E-state index contributed by atoms with van der Waals surface area (Å²) >= 11 is 0. The zero-order chi connectivity index (χ0) is 24.9. The molecule has 0 aromatic heterocycles. The summed E-state index contributed by atoms with van der Waals surface area (Å²) in [6.45, 7) is 0. The van der Waals surface area contributed by atoms with E-state index in [-0.39, 0.29) is 12.8 Å². The largest absolute Gasteiger partial charge is 0.325 e. The Hall–Kier alpha value is -3.97. The normalized spacial score (nSPS) is 12.9. The zero-order valence-electron chi connectivity index (χ0n) is 19.6. The van der Waals surface area contributed by atoms with Gasteiger partial charge >= 0.3 is 0 Å². The van der Waals surface area contributed by atoms with Gasteiger partial charge in [0.25, 0.3) is 0 Å². The lowest BCUT2D eigenvalue weighted by atomic mass is 9.72. The Morgan fingerprint density at radius 1 is 0.771 bits per heavy atom. The van der Waals surface area contributed by atoms with E-state index >= 15 is 0 Å². The number of hydrogen-bond acceptors (Lipinski definition) is 4. The molecule has 0 atom stereocenters. The third-order valence-electron chi connectivity index (χ3n) is 5.96. The van der Waals surface area contributed by atoms with Crippen molar-refractivity contribution in [2.24, 2.45) is 5.41 Å². The van der Waals surface area contributed by atoms with Crippen LogP contribution in [-0.4, -0.2) is 22.9 Å². The molecule has 3 amide bonds. The molecule has 0 fully saturated rings. The Balaban J connectivity index is 1.95. The molecule has 7 heteroatoms. The molecule has 1 aliphatic rings. The van der Waals surface area contributed by atoms with E-state index in [0.717, 1.165) is 0 Å². The Morgan fingerprint density at radius 2 is 1.37 bits per heavy atom. The molecule has 0 aliphatic heterocycles. The lowest BCUT2D eigenvalue weighted by Gasteiger charge is -2.33. The number of nitrogens with one attached hydrogen (secondary N) is 3. The summed E-state index contributed by atoms with van der Waals surface area (Å²) in [6, 6.07) is 18.1. The van der Waals surface area contributed by atoms with Gasteiger partial charge in [-0.05, 0) is 49.1 Å². The molecule has 182 valence electrons. The zero-order valence-corrected chi connectivity index (χ0v) is 19.6. The van der Waals surface area contributed by atoms with Gasteiger partial charge in [0, 0.05) is 17.8 Å². The smallest absolute Gasteiger partial charge is 0.244 e. The average molecular weight is 474 g/mol. The van der Waals surface area contributed by atoms with Gasteiger partial charge in [-0.3, -0.25) is 19.6 Å². The van der Waals surface area contributed by atoms with Crippen molar-refractivity contribution in [1.82, 2.24) is 5.48 Å². The van der Waals surface area contributed by atoms with Crippen molar-refractivity contribution < 1.29 is 19.6 Å². The predicted molar refractivity (Wildman–Crippen MR) is 137 cm³/mol. The second kappa shape index (κ2) is 13.1. The third kappa shape index (κ3) is 7.01. The first-order valence-electron chi connectivity index (χ1n) is 11.7. The van der Waals surface area contributed by atoms with Crippen LogP contribution in [0.3, 0.4) is 0 Å². The summed E-state index contributed by atoms with van der Waals surface area (Å²) < 4.78 is 0. The monoisotopic (exact) mass is 473 g/mol. The molecule has 3 rings (SSSR count). The van der Waals surface area contributed by atoms with Gasteiger partial charge in [0.15, 0.2) is 0 Å². The van der Waals surface area contributed by atoms with Crippen molar-refractivity contribution in [3.8, 4) is 0 Å². The number of para-hydroxylation sites is 2. The first-order valence-corrected chi connectivity index (χ1v) is 11.7. The molecule has 35 heavy (non-hydrogen) atoms. The number of allylic oxidation sites excluding steroid dienone is 5. The number of amides is 3. The van der Waals surface area contributed by atoms with Gasteiger partial charge in [-0.1, -0.05) is 79.6 Å². The predicted octanol–water partition coefficient (Wildman–Crippen LogP) is 5.15. The van der Waals surface area contributed by atoms with Crippen molar-refractivity contribution in [1.29, 1.82) is 0 Å². The molecule has 0 radical (unpaired) electrons. The van der Waals surface area contributed by atoms with Crippen LogP contribution in [0, 0.1) is 5.41 Å². The van der Waals surface area contributed by atoms with Crippen LogP contribution in [0.1, 0.15) is 38.5 Å². The average Bonchev–Trinajstić information content (AvgIpc) is 3.17. The maximum Gasteiger partial charge on any atom is 0.244 e. The highest BCUT2D eigenvalue weighted by atomic mass is 16.5. The standard InChI is InChI=1S/C28H31N3O4/c32-25(31-35)20-12-5-13-21-28(22-14-6-1-2-7-15-22,26(33)29-23-16-8-3-9-17-23)27(34)30-24-18-10-4-11-19-24/h1-4,6-11,14,16-19,35H,5,12-13,15,20-21H2,(H,29,33)(H,30,34)(H,31,32). The fourth-order valence-electron chi connectivity index (χ4n) is 4.10. The molecule has 2 aromatic carbocycles.